The summed E-state index contributed by atoms with van der Waals surface area (Å²) in [5.41, 5.74) is 1.36. The number of carboxylic acid groups (broad SMARTS) is 1. The van der Waals surface area contributed by atoms with Gasteiger partial charge in [-0.2, -0.15) is 0 Å². The zero-order chi connectivity index (χ0) is 20.4. The lowest BCUT2D eigenvalue weighted by Crippen LogP contribution is -2.31. The molecule has 4 rings (SSSR count). The second-order valence-corrected chi connectivity index (χ2v) is 7.27. The van der Waals surface area contributed by atoms with E-state index in [0.29, 0.717) is 17.4 Å². The zero-order valence-corrected chi connectivity index (χ0v) is 15.8. The summed E-state index contributed by atoms with van der Waals surface area (Å²) in [5, 5.41) is 10.1. The van der Waals surface area contributed by atoms with Gasteiger partial charge in [0.15, 0.2) is 0 Å². The van der Waals surface area contributed by atoms with Crippen molar-refractivity contribution in [1.29, 1.82) is 0 Å². The van der Waals surface area contributed by atoms with Crippen LogP contribution in [0.15, 0.2) is 65.7 Å². The number of hydrogen-bond donors (Lipinski definition) is 1. The number of aromatic nitrogens is 2. The summed E-state index contributed by atoms with van der Waals surface area (Å²) in [4.78, 5) is 42.9. The van der Waals surface area contributed by atoms with E-state index in [1.54, 1.807) is 23.1 Å². The first kappa shape index (κ1) is 18.9. The molecule has 29 heavy (non-hydrogen) atoms. The molecule has 1 N–H and O–H groups in total. The van der Waals surface area contributed by atoms with Gasteiger partial charge in [0.25, 0.3) is 5.56 Å². The van der Waals surface area contributed by atoms with Crippen molar-refractivity contribution in [3.05, 3.63) is 76.8 Å². The third kappa shape index (κ3) is 3.76. The number of carbonyl (C=O) groups excluding carboxylic acids is 1. The van der Waals surface area contributed by atoms with Crippen LogP contribution in [0.5, 0.6) is 0 Å². The summed E-state index contributed by atoms with van der Waals surface area (Å²) >= 11 is 0. The Kier molecular flexibility index (Phi) is 5.12. The van der Waals surface area contributed by atoms with E-state index in [1.165, 1.54) is 10.9 Å². The molecule has 0 radical (unpaired) electrons. The molecule has 2 atom stereocenters. The molecule has 2 unspecified atom stereocenters. The Balaban J connectivity index is 1.47. The van der Waals surface area contributed by atoms with Gasteiger partial charge in [0.2, 0.25) is 5.91 Å². The Hall–Kier alpha value is -3.48. The van der Waals surface area contributed by atoms with Crippen LogP contribution >= 0.6 is 0 Å². The zero-order valence-electron chi connectivity index (χ0n) is 15.8. The molecule has 148 valence electrons. The lowest BCUT2D eigenvalue weighted by molar-refractivity contribution is -0.141. The molecule has 0 aliphatic carbocycles. The van der Waals surface area contributed by atoms with Gasteiger partial charge in [0.1, 0.15) is 0 Å². The number of fused-ring (bicyclic) bond motifs is 1. The Morgan fingerprint density at radius 3 is 2.52 bits per heavy atom. The first-order chi connectivity index (χ1) is 14.0. The Bertz CT molecular complexity index is 1110. The van der Waals surface area contributed by atoms with Gasteiger partial charge in [0, 0.05) is 32.0 Å². The number of carboxylic acids is 1. The minimum Gasteiger partial charge on any atom is -0.481 e. The minimum absolute atomic E-state index is 0.119. The summed E-state index contributed by atoms with van der Waals surface area (Å²) in [6.07, 6.45) is 1.57. The minimum atomic E-state index is -0.899. The number of carbonyl (C=O) groups is 2. The highest BCUT2D eigenvalue weighted by molar-refractivity contribution is 5.80. The molecule has 7 nitrogen and oxygen atoms in total. The van der Waals surface area contributed by atoms with Crippen molar-refractivity contribution >= 4 is 22.8 Å². The van der Waals surface area contributed by atoms with Gasteiger partial charge in [-0.15, -0.1) is 0 Å². The van der Waals surface area contributed by atoms with Crippen LogP contribution in [-0.4, -0.2) is 44.5 Å². The quantitative estimate of drug-likeness (QED) is 0.719. The normalized spacial score (nSPS) is 18.8. The first-order valence-electron chi connectivity index (χ1n) is 9.54. The van der Waals surface area contributed by atoms with Crippen LogP contribution in [0.1, 0.15) is 17.9 Å². The van der Waals surface area contributed by atoms with Crippen LogP contribution in [0.25, 0.3) is 10.9 Å². The van der Waals surface area contributed by atoms with Crippen molar-refractivity contribution in [2.45, 2.75) is 18.9 Å². The van der Waals surface area contributed by atoms with Gasteiger partial charge in [-0.25, -0.2) is 4.98 Å². The molecule has 1 aliphatic rings. The number of amides is 1. The number of aryl methyl sites for hydroxylation is 1. The third-order valence-electron chi connectivity index (χ3n) is 5.52. The Morgan fingerprint density at radius 2 is 1.76 bits per heavy atom. The van der Waals surface area contributed by atoms with Crippen LogP contribution in [0, 0.1) is 5.92 Å². The second kappa shape index (κ2) is 7.87. The number of rotatable bonds is 5. The Labute approximate surface area is 167 Å². The molecule has 1 fully saturated rings. The molecule has 2 aromatic carbocycles. The molecule has 1 saturated heterocycles. The van der Waals surface area contributed by atoms with E-state index in [2.05, 4.69) is 4.98 Å². The predicted molar refractivity (Wildman–Crippen MR) is 108 cm³/mol. The van der Waals surface area contributed by atoms with Gasteiger partial charge in [-0.3, -0.25) is 19.0 Å². The average Bonchev–Trinajstić information content (AvgIpc) is 3.20. The number of aliphatic carboxylic acids is 1. The molecule has 0 saturated carbocycles. The van der Waals surface area contributed by atoms with Gasteiger partial charge in [0.05, 0.1) is 23.1 Å². The highest BCUT2D eigenvalue weighted by atomic mass is 16.4. The highest BCUT2D eigenvalue weighted by Crippen LogP contribution is 2.33. The van der Waals surface area contributed by atoms with E-state index in [4.69, 9.17) is 0 Å². The van der Waals surface area contributed by atoms with Crippen molar-refractivity contribution in [3.8, 4) is 0 Å². The smallest absolute Gasteiger partial charge is 0.308 e. The molecule has 7 heteroatoms. The number of hydrogen-bond acceptors (Lipinski definition) is 4. The maximum atomic E-state index is 12.7. The molecule has 1 amide bonds. The van der Waals surface area contributed by atoms with Crippen LogP contribution in [0.3, 0.4) is 0 Å². The van der Waals surface area contributed by atoms with Gasteiger partial charge in [-0.05, 0) is 17.7 Å². The number of likely N-dealkylation sites (tertiary alicyclic amines) is 1. The van der Waals surface area contributed by atoms with Crippen LogP contribution in [0.2, 0.25) is 0 Å². The van der Waals surface area contributed by atoms with Gasteiger partial charge < -0.3 is 10.0 Å². The summed E-state index contributed by atoms with van der Waals surface area (Å²) < 4.78 is 1.43. The van der Waals surface area contributed by atoms with Crippen molar-refractivity contribution < 1.29 is 14.7 Å². The second-order valence-electron chi connectivity index (χ2n) is 7.27. The number of para-hydroxylation sites is 1. The largest absolute Gasteiger partial charge is 0.481 e. The molecule has 1 aliphatic heterocycles. The van der Waals surface area contributed by atoms with Crippen molar-refractivity contribution in [2.24, 2.45) is 5.92 Å². The predicted octanol–water partition coefficient (Wildman–Crippen LogP) is 2.11. The average molecular weight is 391 g/mol. The number of benzene rings is 2. The molecule has 2 heterocycles. The third-order valence-corrected chi connectivity index (χ3v) is 5.52. The molecule has 3 aromatic rings. The Morgan fingerprint density at radius 1 is 1.03 bits per heavy atom. The molecule has 0 spiro atoms. The molecular formula is C22H21N3O4. The van der Waals surface area contributed by atoms with Crippen LogP contribution in [0.4, 0.5) is 0 Å². The van der Waals surface area contributed by atoms with Crippen LogP contribution in [-0.2, 0) is 16.1 Å². The first-order valence-corrected chi connectivity index (χ1v) is 9.54. The van der Waals surface area contributed by atoms with E-state index in [0.717, 1.165) is 5.56 Å². The summed E-state index contributed by atoms with van der Waals surface area (Å²) in [6, 6.07) is 16.5. The van der Waals surface area contributed by atoms with E-state index in [1.807, 2.05) is 36.4 Å². The summed E-state index contributed by atoms with van der Waals surface area (Å²) in [5.74, 6) is -1.92. The number of nitrogens with zero attached hydrogens (tertiary/aromatic N) is 3. The van der Waals surface area contributed by atoms with Crippen molar-refractivity contribution in [1.82, 2.24) is 14.5 Å². The lowest BCUT2D eigenvalue weighted by Gasteiger charge is -2.17. The monoisotopic (exact) mass is 391 g/mol. The maximum absolute atomic E-state index is 12.7. The van der Waals surface area contributed by atoms with Gasteiger partial charge >= 0.3 is 5.97 Å². The fraction of sp³-hybridized carbons (Fsp3) is 0.273. The SMILES string of the molecule is O=C(O)C1CN(C(=O)CCn2cnc3ccccc3c2=O)CC1c1ccccc1. The summed E-state index contributed by atoms with van der Waals surface area (Å²) in [6.45, 7) is 0.753. The van der Waals surface area contributed by atoms with Gasteiger partial charge in [-0.1, -0.05) is 42.5 Å². The molecule has 1 aromatic heterocycles. The highest BCUT2D eigenvalue weighted by Gasteiger charge is 2.40. The van der Waals surface area contributed by atoms with Crippen LogP contribution < -0.4 is 5.56 Å². The topological polar surface area (TPSA) is 92.5 Å². The fourth-order valence-electron chi connectivity index (χ4n) is 3.94. The molecular weight excluding hydrogens is 370 g/mol. The lowest BCUT2D eigenvalue weighted by atomic mass is 9.89. The van der Waals surface area contributed by atoms with E-state index in [-0.39, 0.29) is 36.9 Å². The standard InChI is InChI=1S/C22H21N3O4/c26-20(10-11-24-14-23-19-9-5-4-8-16(19)21(24)27)25-12-17(18(13-25)22(28)29)15-6-2-1-3-7-15/h1-9,14,17-18H,10-13H2,(H,28,29). The molecule has 0 bridgehead atoms. The van der Waals surface area contributed by atoms with E-state index >= 15 is 0 Å². The van der Waals surface area contributed by atoms with E-state index < -0.39 is 11.9 Å². The van der Waals surface area contributed by atoms with E-state index in [9.17, 15) is 19.5 Å². The summed E-state index contributed by atoms with van der Waals surface area (Å²) in [7, 11) is 0. The fourth-order valence-corrected chi connectivity index (χ4v) is 3.94. The van der Waals surface area contributed by atoms with Crippen molar-refractivity contribution in [2.75, 3.05) is 13.1 Å². The maximum Gasteiger partial charge on any atom is 0.308 e. The van der Waals surface area contributed by atoms with Crippen molar-refractivity contribution in [3.63, 3.8) is 0 Å².